The summed E-state index contributed by atoms with van der Waals surface area (Å²) in [5, 5.41) is 6.19. The second-order valence-electron chi connectivity index (χ2n) is 3.17. The maximum Gasteiger partial charge on any atom is 0.459 e. The molecule has 0 aliphatic carbocycles. The number of alkyl halides is 8. The minimum absolute atomic E-state index is 0.283. The number of aromatic nitrogens is 3. The van der Waals surface area contributed by atoms with Gasteiger partial charge in [-0.3, -0.25) is 0 Å². The quantitative estimate of drug-likeness (QED) is 0.609. The summed E-state index contributed by atoms with van der Waals surface area (Å²) in [6.45, 7) is 1.02. The molecule has 0 fully saturated rings. The van der Waals surface area contributed by atoms with Crippen LogP contribution in [0.15, 0.2) is 0 Å². The highest BCUT2D eigenvalue weighted by atomic mass is 35.6. The maximum absolute atomic E-state index is 13.3. The van der Waals surface area contributed by atoms with E-state index in [2.05, 4.69) is 10.3 Å². The van der Waals surface area contributed by atoms with E-state index < -0.39 is 27.3 Å². The topological polar surface area (TPSA) is 30.7 Å². The third-order valence-electron chi connectivity index (χ3n) is 1.96. The van der Waals surface area contributed by atoms with Crippen molar-refractivity contribution < 1.29 is 22.0 Å². The molecule has 0 aliphatic heterocycles. The Morgan fingerprint density at radius 3 is 1.94 bits per heavy atom. The van der Waals surface area contributed by atoms with Gasteiger partial charge in [0.1, 0.15) is 11.4 Å². The largest absolute Gasteiger partial charge is 0.459 e. The molecule has 0 atom stereocenters. The van der Waals surface area contributed by atoms with Crippen molar-refractivity contribution in [2.24, 2.45) is 0 Å². The van der Waals surface area contributed by atoms with Crippen molar-refractivity contribution in [1.82, 2.24) is 15.0 Å². The van der Waals surface area contributed by atoms with E-state index in [1.54, 1.807) is 0 Å². The van der Waals surface area contributed by atoms with Gasteiger partial charge in [-0.05, 0) is 6.92 Å². The van der Waals surface area contributed by atoms with Crippen LogP contribution in [0, 0.1) is 0 Å². The van der Waals surface area contributed by atoms with E-state index >= 15 is 0 Å². The van der Waals surface area contributed by atoms with E-state index in [9.17, 15) is 22.0 Å². The Bertz CT molecular complexity index is 437. The molecule has 0 amide bonds. The van der Waals surface area contributed by atoms with Crippen LogP contribution >= 0.6 is 34.8 Å². The predicted molar refractivity (Wildman–Crippen MR) is 54.9 cm³/mol. The highest BCUT2D eigenvalue weighted by Crippen LogP contribution is 2.49. The molecule has 0 bridgehead atoms. The van der Waals surface area contributed by atoms with Crippen molar-refractivity contribution >= 4 is 34.8 Å². The Kier molecular flexibility index (Phi) is 4.06. The highest BCUT2D eigenvalue weighted by molar-refractivity contribution is 6.66. The molecule has 0 saturated heterocycles. The zero-order chi connectivity index (χ0) is 14.4. The SMILES string of the molecule is CCn1nnc(C(Cl)(Cl)Cl)c1C(F)(F)C(F)(F)F. The van der Waals surface area contributed by atoms with Crippen LogP contribution in [0.3, 0.4) is 0 Å². The summed E-state index contributed by atoms with van der Waals surface area (Å²) >= 11 is 15.9. The van der Waals surface area contributed by atoms with Gasteiger partial charge in [-0.15, -0.1) is 5.10 Å². The molecule has 1 heterocycles. The Labute approximate surface area is 113 Å². The van der Waals surface area contributed by atoms with Crippen molar-refractivity contribution in [2.45, 2.75) is 29.4 Å². The lowest BCUT2D eigenvalue weighted by atomic mass is 10.2. The van der Waals surface area contributed by atoms with Crippen LogP contribution < -0.4 is 0 Å². The van der Waals surface area contributed by atoms with Gasteiger partial charge < -0.3 is 0 Å². The summed E-state index contributed by atoms with van der Waals surface area (Å²) in [5.41, 5.74) is -2.62. The van der Waals surface area contributed by atoms with Crippen LogP contribution in [0.1, 0.15) is 18.3 Å². The minimum Gasteiger partial charge on any atom is -0.243 e. The van der Waals surface area contributed by atoms with E-state index in [4.69, 9.17) is 34.8 Å². The van der Waals surface area contributed by atoms with Crippen molar-refractivity contribution in [2.75, 3.05) is 0 Å². The molecule has 0 unspecified atom stereocenters. The fraction of sp³-hybridized carbons (Fsp3) is 0.714. The predicted octanol–water partition coefficient (Wildman–Crippen LogP) is 3.78. The summed E-state index contributed by atoms with van der Waals surface area (Å²) in [6.07, 6.45) is -5.84. The van der Waals surface area contributed by atoms with E-state index in [0.29, 0.717) is 4.68 Å². The standard InChI is InChI=1S/C7H5Cl3F5N3/c1-2-18-4(5(11,12)7(13,14)15)3(16-17-18)6(8,9)10/h2H2,1H3. The average molecular weight is 332 g/mol. The van der Waals surface area contributed by atoms with E-state index in [1.807, 2.05) is 0 Å². The second kappa shape index (κ2) is 4.64. The van der Waals surface area contributed by atoms with Crippen molar-refractivity contribution in [3.63, 3.8) is 0 Å². The molecule has 18 heavy (non-hydrogen) atoms. The molecule has 11 heteroatoms. The molecule has 0 aliphatic rings. The smallest absolute Gasteiger partial charge is 0.243 e. The molecule has 1 rings (SSSR count). The van der Waals surface area contributed by atoms with Gasteiger partial charge in [-0.25, -0.2) is 4.68 Å². The summed E-state index contributed by atoms with van der Waals surface area (Å²) in [4.78, 5) is 0. The van der Waals surface area contributed by atoms with Gasteiger partial charge in [-0.2, -0.15) is 22.0 Å². The lowest BCUT2D eigenvalue weighted by Gasteiger charge is -2.22. The lowest BCUT2D eigenvalue weighted by molar-refractivity contribution is -0.292. The van der Waals surface area contributed by atoms with Gasteiger partial charge in [0.2, 0.25) is 3.79 Å². The molecule has 1 aromatic heterocycles. The first kappa shape index (κ1) is 15.7. The molecule has 1 aromatic rings. The van der Waals surface area contributed by atoms with Crippen molar-refractivity contribution in [3.05, 3.63) is 11.4 Å². The average Bonchev–Trinajstić information content (AvgIpc) is 2.58. The fourth-order valence-electron chi connectivity index (χ4n) is 1.17. The number of nitrogens with zero attached hydrogens (tertiary/aromatic N) is 3. The highest BCUT2D eigenvalue weighted by Gasteiger charge is 2.63. The molecule has 3 nitrogen and oxygen atoms in total. The molecule has 0 aromatic carbocycles. The number of rotatable bonds is 2. The first-order valence-corrected chi connectivity index (χ1v) is 5.52. The number of aryl methyl sites for hydroxylation is 1. The van der Waals surface area contributed by atoms with Crippen LogP contribution in [-0.2, 0) is 16.3 Å². The minimum atomic E-state index is -5.84. The molecular weight excluding hydrogens is 327 g/mol. The Morgan fingerprint density at radius 1 is 1.11 bits per heavy atom. The monoisotopic (exact) mass is 331 g/mol. The zero-order valence-electron chi connectivity index (χ0n) is 8.57. The summed E-state index contributed by atoms with van der Waals surface area (Å²) in [6, 6.07) is 0. The molecule has 0 N–H and O–H groups in total. The van der Waals surface area contributed by atoms with Gasteiger partial charge in [0.15, 0.2) is 0 Å². The summed E-state index contributed by atoms with van der Waals surface area (Å²) in [7, 11) is 0. The Balaban J connectivity index is 3.52. The van der Waals surface area contributed by atoms with E-state index in [-0.39, 0.29) is 6.54 Å². The second-order valence-corrected chi connectivity index (χ2v) is 5.45. The van der Waals surface area contributed by atoms with Gasteiger partial charge in [0.05, 0.1) is 0 Å². The van der Waals surface area contributed by atoms with Crippen molar-refractivity contribution in [1.29, 1.82) is 0 Å². The normalized spacial score (nSPS) is 14.1. The first-order chi connectivity index (χ1) is 7.93. The third kappa shape index (κ3) is 2.65. The van der Waals surface area contributed by atoms with Gasteiger partial charge in [-0.1, -0.05) is 40.0 Å². The molecule has 0 saturated carbocycles. The van der Waals surface area contributed by atoms with Crippen LogP contribution in [-0.4, -0.2) is 21.2 Å². The van der Waals surface area contributed by atoms with E-state index in [0.717, 1.165) is 0 Å². The third-order valence-corrected chi connectivity index (χ3v) is 2.49. The summed E-state index contributed by atoms with van der Waals surface area (Å²) < 4.78 is 61.5. The van der Waals surface area contributed by atoms with Crippen molar-refractivity contribution in [3.8, 4) is 0 Å². The number of hydrogen-bond donors (Lipinski definition) is 0. The van der Waals surface area contributed by atoms with E-state index in [1.165, 1.54) is 6.92 Å². The van der Waals surface area contributed by atoms with Crippen LogP contribution in [0.5, 0.6) is 0 Å². The van der Waals surface area contributed by atoms with Crippen LogP contribution in [0.4, 0.5) is 22.0 Å². The number of halogens is 8. The molecule has 0 radical (unpaired) electrons. The van der Waals surface area contributed by atoms with Gasteiger partial charge in [0, 0.05) is 6.54 Å². The lowest BCUT2D eigenvalue weighted by Crippen LogP contribution is -2.37. The van der Waals surface area contributed by atoms with Gasteiger partial charge in [0.25, 0.3) is 0 Å². The fourth-order valence-corrected chi connectivity index (χ4v) is 1.55. The summed E-state index contributed by atoms with van der Waals surface area (Å²) in [5.74, 6) is -5.22. The molecular formula is C7H5Cl3F5N3. The van der Waals surface area contributed by atoms with Crippen LogP contribution in [0.25, 0.3) is 0 Å². The van der Waals surface area contributed by atoms with Gasteiger partial charge >= 0.3 is 12.1 Å². The first-order valence-electron chi connectivity index (χ1n) is 4.38. The Morgan fingerprint density at radius 2 is 1.61 bits per heavy atom. The molecule has 104 valence electrons. The maximum atomic E-state index is 13.3. The number of hydrogen-bond acceptors (Lipinski definition) is 2. The Hall–Kier alpha value is -0.340. The zero-order valence-corrected chi connectivity index (χ0v) is 10.8. The van der Waals surface area contributed by atoms with Crippen LogP contribution in [0.2, 0.25) is 0 Å². The molecule has 0 spiro atoms.